The molecule has 3 aromatic rings. The minimum atomic E-state index is -0.461. The van der Waals surface area contributed by atoms with E-state index in [4.69, 9.17) is 4.74 Å². The van der Waals surface area contributed by atoms with Gasteiger partial charge in [0, 0.05) is 30.2 Å². The molecule has 0 aromatic carbocycles. The minimum Gasteiger partial charge on any atom is -0.460 e. The molecule has 0 radical (unpaired) electrons. The van der Waals surface area contributed by atoms with Gasteiger partial charge in [0.1, 0.15) is 5.82 Å². The van der Waals surface area contributed by atoms with E-state index < -0.39 is 5.82 Å². The van der Waals surface area contributed by atoms with Crippen molar-refractivity contribution >= 4 is 0 Å². The summed E-state index contributed by atoms with van der Waals surface area (Å²) < 4.78 is 20.1. The van der Waals surface area contributed by atoms with Crippen LogP contribution >= 0.6 is 0 Å². The average molecular weight is 355 g/mol. The lowest BCUT2D eigenvalue weighted by atomic mass is 10.2. The summed E-state index contributed by atoms with van der Waals surface area (Å²) in [6.07, 6.45) is 6.66. The molecule has 1 atom stereocenters. The standard InChI is InChI=1S/C18H18FN5O2/c1-3-12(2)26-18-21-8-14(9-22-18)16-4-5-17(25)24(23-16)11-13-6-15(19)10-20-7-13/h4-10,12H,3,11H2,1-2H3/t12-/m1/s1. The fraction of sp³-hybridized carbons (Fsp3) is 0.278. The monoisotopic (exact) mass is 355 g/mol. The molecule has 26 heavy (non-hydrogen) atoms. The van der Waals surface area contributed by atoms with Crippen LogP contribution in [0, 0.1) is 5.82 Å². The topological polar surface area (TPSA) is 82.8 Å². The van der Waals surface area contributed by atoms with Crippen LogP contribution in [0.4, 0.5) is 4.39 Å². The van der Waals surface area contributed by atoms with Crippen molar-refractivity contribution in [1.82, 2.24) is 24.7 Å². The van der Waals surface area contributed by atoms with Crippen LogP contribution in [0.15, 0.2) is 47.8 Å². The Balaban J connectivity index is 1.84. The Labute approximate surface area is 149 Å². The van der Waals surface area contributed by atoms with Gasteiger partial charge < -0.3 is 4.74 Å². The van der Waals surface area contributed by atoms with Crippen LogP contribution in [-0.4, -0.2) is 30.8 Å². The second-order valence-corrected chi connectivity index (χ2v) is 5.82. The summed E-state index contributed by atoms with van der Waals surface area (Å²) in [4.78, 5) is 24.2. The molecule has 0 fully saturated rings. The van der Waals surface area contributed by atoms with E-state index in [-0.39, 0.29) is 18.2 Å². The van der Waals surface area contributed by atoms with E-state index in [1.807, 2.05) is 13.8 Å². The Morgan fingerprint density at radius 1 is 1.19 bits per heavy atom. The molecule has 0 saturated carbocycles. The Morgan fingerprint density at radius 3 is 2.65 bits per heavy atom. The number of ether oxygens (including phenoxy) is 1. The van der Waals surface area contributed by atoms with Gasteiger partial charge in [0.2, 0.25) is 0 Å². The minimum absolute atomic E-state index is 0.0285. The van der Waals surface area contributed by atoms with Gasteiger partial charge in [-0.1, -0.05) is 6.92 Å². The van der Waals surface area contributed by atoms with Crippen molar-refractivity contribution in [1.29, 1.82) is 0 Å². The number of nitrogens with zero attached hydrogens (tertiary/aromatic N) is 5. The summed E-state index contributed by atoms with van der Waals surface area (Å²) in [6, 6.07) is 4.61. The van der Waals surface area contributed by atoms with E-state index in [2.05, 4.69) is 20.1 Å². The molecular formula is C18H18FN5O2. The number of hydrogen-bond acceptors (Lipinski definition) is 6. The van der Waals surface area contributed by atoms with E-state index in [1.54, 1.807) is 18.5 Å². The Hall–Kier alpha value is -3.16. The van der Waals surface area contributed by atoms with Crippen molar-refractivity contribution in [3.05, 3.63) is 64.7 Å². The molecule has 3 rings (SSSR count). The van der Waals surface area contributed by atoms with Crippen LogP contribution in [0.5, 0.6) is 6.01 Å². The Bertz CT molecular complexity index is 943. The summed E-state index contributed by atoms with van der Waals surface area (Å²) in [5, 5.41) is 4.31. The summed E-state index contributed by atoms with van der Waals surface area (Å²) in [5.41, 5.74) is 1.43. The van der Waals surface area contributed by atoms with Gasteiger partial charge >= 0.3 is 6.01 Å². The van der Waals surface area contributed by atoms with Crippen LogP contribution < -0.4 is 10.3 Å². The molecule has 3 aromatic heterocycles. The summed E-state index contributed by atoms with van der Waals surface area (Å²) >= 11 is 0. The third kappa shape index (κ3) is 4.27. The predicted octanol–water partition coefficient (Wildman–Crippen LogP) is 2.46. The molecule has 3 heterocycles. The Morgan fingerprint density at radius 2 is 1.96 bits per heavy atom. The lowest BCUT2D eigenvalue weighted by Gasteiger charge is -2.10. The van der Waals surface area contributed by atoms with Crippen LogP contribution in [0.3, 0.4) is 0 Å². The molecule has 0 unspecified atom stereocenters. The van der Waals surface area contributed by atoms with Gasteiger partial charge in [-0.3, -0.25) is 9.78 Å². The lowest BCUT2D eigenvalue weighted by Crippen LogP contribution is -2.23. The zero-order valence-corrected chi connectivity index (χ0v) is 14.5. The molecule has 0 aliphatic heterocycles. The van der Waals surface area contributed by atoms with Crippen molar-refractivity contribution < 1.29 is 9.13 Å². The first-order valence-electron chi connectivity index (χ1n) is 8.22. The zero-order valence-electron chi connectivity index (χ0n) is 14.5. The maximum Gasteiger partial charge on any atom is 0.316 e. The lowest BCUT2D eigenvalue weighted by molar-refractivity contribution is 0.199. The molecule has 0 N–H and O–H groups in total. The van der Waals surface area contributed by atoms with Gasteiger partial charge in [-0.05, 0) is 31.0 Å². The largest absolute Gasteiger partial charge is 0.460 e. The van der Waals surface area contributed by atoms with Crippen LogP contribution in [0.2, 0.25) is 0 Å². The number of rotatable bonds is 6. The normalized spacial score (nSPS) is 12.0. The third-order valence-corrected chi connectivity index (χ3v) is 3.77. The van der Waals surface area contributed by atoms with Gasteiger partial charge in [0.25, 0.3) is 5.56 Å². The molecule has 134 valence electrons. The zero-order chi connectivity index (χ0) is 18.5. The van der Waals surface area contributed by atoms with Gasteiger partial charge in [0.05, 0.1) is 24.5 Å². The van der Waals surface area contributed by atoms with Crippen molar-refractivity contribution in [2.75, 3.05) is 0 Å². The van der Waals surface area contributed by atoms with Crippen molar-refractivity contribution in [2.24, 2.45) is 0 Å². The fourth-order valence-corrected chi connectivity index (χ4v) is 2.20. The highest BCUT2D eigenvalue weighted by Crippen LogP contribution is 2.16. The highest BCUT2D eigenvalue weighted by Gasteiger charge is 2.08. The van der Waals surface area contributed by atoms with Gasteiger partial charge in [-0.25, -0.2) is 19.0 Å². The fourth-order valence-electron chi connectivity index (χ4n) is 2.20. The number of aromatic nitrogens is 5. The third-order valence-electron chi connectivity index (χ3n) is 3.77. The SMILES string of the molecule is CC[C@@H](C)Oc1ncc(-c2ccc(=O)n(Cc3cncc(F)c3)n2)cn1. The van der Waals surface area contributed by atoms with Crippen molar-refractivity contribution in [2.45, 2.75) is 32.9 Å². The first-order chi connectivity index (χ1) is 12.5. The van der Waals surface area contributed by atoms with E-state index in [0.717, 1.165) is 12.6 Å². The summed E-state index contributed by atoms with van der Waals surface area (Å²) in [7, 11) is 0. The van der Waals surface area contributed by atoms with Crippen LogP contribution in [-0.2, 0) is 6.54 Å². The summed E-state index contributed by atoms with van der Waals surface area (Å²) in [5.74, 6) is -0.461. The maximum absolute atomic E-state index is 13.3. The second-order valence-electron chi connectivity index (χ2n) is 5.82. The molecule has 7 nitrogen and oxygen atoms in total. The molecule has 0 aliphatic carbocycles. The maximum atomic E-state index is 13.3. The van der Waals surface area contributed by atoms with Crippen LogP contribution in [0.25, 0.3) is 11.3 Å². The van der Waals surface area contributed by atoms with E-state index in [0.29, 0.717) is 22.8 Å². The summed E-state index contributed by atoms with van der Waals surface area (Å²) in [6.45, 7) is 4.07. The quantitative estimate of drug-likeness (QED) is 0.675. The predicted molar refractivity (Wildman–Crippen MR) is 93.2 cm³/mol. The first-order valence-corrected chi connectivity index (χ1v) is 8.22. The molecule has 0 aliphatic rings. The van der Waals surface area contributed by atoms with E-state index >= 15 is 0 Å². The molecular weight excluding hydrogens is 337 g/mol. The first kappa shape index (κ1) is 17.7. The van der Waals surface area contributed by atoms with Crippen molar-refractivity contribution in [3.8, 4) is 17.3 Å². The average Bonchev–Trinajstić information content (AvgIpc) is 2.64. The number of halogens is 1. The Kier molecular flexibility index (Phi) is 5.31. The van der Waals surface area contributed by atoms with Gasteiger partial charge in [0.15, 0.2) is 0 Å². The molecule has 8 heteroatoms. The molecule has 0 spiro atoms. The van der Waals surface area contributed by atoms with Crippen molar-refractivity contribution in [3.63, 3.8) is 0 Å². The molecule has 0 saturated heterocycles. The van der Waals surface area contributed by atoms with E-state index in [1.165, 1.54) is 23.0 Å². The molecule has 0 amide bonds. The second kappa shape index (κ2) is 7.81. The van der Waals surface area contributed by atoms with Gasteiger partial charge in [-0.2, -0.15) is 5.10 Å². The van der Waals surface area contributed by atoms with E-state index in [9.17, 15) is 9.18 Å². The number of pyridine rings is 1. The van der Waals surface area contributed by atoms with Crippen LogP contribution in [0.1, 0.15) is 25.8 Å². The smallest absolute Gasteiger partial charge is 0.316 e. The highest BCUT2D eigenvalue weighted by molar-refractivity contribution is 5.55. The number of hydrogen-bond donors (Lipinski definition) is 0. The highest BCUT2D eigenvalue weighted by atomic mass is 19.1. The van der Waals surface area contributed by atoms with Gasteiger partial charge in [-0.15, -0.1) is 0 Å². The molecule has 0 bridgehead atoms.